The number of nitrogens with zero attached hydrogens (tertiary/aromatic N) is 1. The van der Waals surface area contributed by atoms with Crippen molar-refractivity contribution in [2.75, 3.05) is 20.1 Å². The predicted octanol–water partition coefficient (Wildman–Crippen LogP) is 3.23. The smallest absolute Gasteiger partial charge is 0.0872 e. The van der Waals surface area contributed by atoms with Gasteiger partial charge in [0.15, 0.2) is 0 Å². The summed E-state index contributed by atoms with van der Waals surface area (Å²) < 4.78 is 11.7. The van der Waals surface area contributed by atoms with E-state index < -0.39 is 0 Å². The van der Waals surface area contributed by atoms with E-state index in [-0.39, 0.29) is 0 Å². The summed E-state index contributed by atoms with van der Waals surface area (Å²) in [6.45, 7) is 9.83. The molecular weight excluding hydrogens is 153 g/mol. The van der Waals surface area contributed by atoms with Gasteiger partial charge in [-0.05, 0) is 19.0 Å². The fourth-order valence-corrected chi connectivity index (χ4v) is 0.928. The SMILES string of the molecule is CC.CC.CN1CC/C(=C\F)C1. The highest BCUT2D eigenvalue weighted by Gasteiger charge is 2.10. The molecule has 12 heavy (non-hydrogen) atoms. The molecule has 1 rings (SSSR count). The average Bonchev–Trinajstić information content (AvgIpc) is 2.58. The van der Waals surface area contributed by atoms with E-state index in [0.29, 0.717) is 0 Å². The van der Waals surface area contributed by atoms with Crippen LogP contribution >= 0.6 is 0 Å². The summed E-state index contributed by atoms with van der Waals surface area (Å²) >= 11 is 0. The van der Waals surface area contributed by atoms with Crippen molar-refractivity contribution in [3.05, 3.63) is 11.9 Å². The third-order valence-corrected chi connectivity index (χ3v) is 1.44. The van der Waals surface area contributed by atoms with Crippen molar-refractivity contribution < 1.29 is 4.39 Å². The molecule has 0 radical (unpaired) electrons. The lowest BCUT2D eigenvalue weighted by molar-refractivity contribution is 0.424. The van der Waals surface area contributed by atoms with E-state index in [9.17, 15) is 4.39 Å². The Morgan fingerprint density at radius 1 is 1.25 bits per heavy atom. The van der Waals surface area contributed by atoms with Gasteiger partial charge in [0, 0.05) is 13.1 Å². The number of rotatable bonds is 0. The van der Waals surface area contributed by atoms with Gasteiger partial charge in [-0.1, -0.05) is 27.7 Å². The Hall–Kier alpha value is -0.370. The average molecular weight is 175 g/mol. The van der Waals surface area contributed by atoms with Crippen LogP contribution in [0, 0.1) is 0 Å². The molecule has 0 atom stereocenters. The minimum atomic E-state index is 0.726. The van der Waals surface area contributed by atoms with Gasteiger partial charge >= 0.3 is 0 Å². The van der Waals surface area contributed by atoms with Crippen molar-refractivity contribution in [1.29, 1.82) is 0 Å². The van der Waals surface area contributed by atoms with Crippen molar-refractivity contribution in [2.24, 2.45) is 0 Å². The fourth-order valence-electron chi connectivity index (χ4n) is 0.928. The van der Waals surface area contributed by atoms with Gasteiger partial charge < -0.3 is 4.90 Å². The molecule has 0 amide bonds. The summed E-state index contributed by atoms with van der Waals surface area (Å²) in [5, 5.41) is 0. The lowest BCUT2D eigenvalue weighted by Crippen LogP contribution is -2.11. The maximum absolute atomic E-state index is 11.7. The minimum Gasteiger partial charge on any atom is -0.302 e. The second-order valence-corrected chi connectivity index (χ2v) is 2.26. The van der Waals surface area contributed by atoms with E-state index in [1.165, 1.54) is 0 Å². The van der Waals surface area contributed by atoms with Crippen molar-refractivity contribution >= 4 is 0 Å². The van der Waals surface area contributed by atoms with Crippen LogP contribution in [0.4, 0.5) is 4.39 Å². The van der Waals surface area contributed by atoms with Crippen LogP contribution in [0.15, 0.2) is 11.9 Å². The second kappa shape index (κ2) is 10.6. The van der Waals surface area contributed by atoms with Crippen molar-refractivity contribution in [3.63, 3.8) is 0 Å². The lowest BCUT2D eigenvalue weighted by Gasteiger charge is -2.01. The molecule has 0 N–H and O–H groups in total. The van der Waals surface area contributed by atoms with Gasteiger partial charge in [0.2, 0.25) is 0 Å². The molecule has 0 bridgehead atoms. The van der Waals surface area contributed by atoms with E-state index in [2.05, 4.69) is 4.90 Å². The Labute approximate surface area is 76.3 Å². The zero-order chi connectivity index (χ0) is 9.98. The first kappa shape index (κ1) is 14.2. The lowest BCUT2D eigenvalue weighted by atomic mass is 10.3. The van der Waals surface area contributed by atoms with Gasteiger partial charge in [-0.15, -0.1) is 0 Å². The Morgan fingerprint density at radius 2 is 1.75 bits per heavy atom. The van der Waals surface area contributed by atoms with Gasteiger partial charge in [0.1, 0.15) is 0 Å². The normalized spacial score (nSPS) is 19.3. The van der Waals surface area contributed by atoms with Crippen LogP contribution in [0.25, 0.3) is 0 Å². The zero-order valence-electron chi connectivity index (χ0n) is 9.02. The first-order valence-electron chi connectivity index (χ1n) is 4.79. The third kappa shape index (κ3) is 6.35. The highest BCUT2D eigenvalue weighted by molar-refractivity contribution is 5.05. The number of hydrogen-bond acceptors (Lipinski definition) is 1. The number of halogens is 1. The molecule has 2 heteroatoms. The van der Waals surface area contributed by atoms with Crippen molar-refractivity contribution in [3.8, 4) is 0 Å². The monoisotopic (exact) mass is 175 g/mol. The van der Waals surface area contributed by atoms with Crippen LogP contribution in [0.5, 0.6) is 0 Å². The maximum Gasteiger partial charge on any atom is 0.0872 e. The summed E-state index contributed by atoms with van der Waals surface area (Å²) in [5.41, 5.74) is 0.924. The maximum atomic E-state index is 11.7. The summed E-state index contributed by atoms with van der Waals surface area (Å²) in [4.78, 5) is 2.10. The Morgan fingerprint density at radius 3 is 1.92 bits per heavy atom. The molecule has 1 saturated heterocycles. The summed E-state index contributed by atoms with van der Waals surface area (Å²) in [7, 11) is 2.00. The van der Waals surface area contributed by atoms with E-state index in [1.807, 2.05) is 34.7 Å². The first-order valence-corrected chi connectivity index (χ1v) is 4.79. The minimum absolute atomic E-state index is 0.726. The van der Waals surface area contributed by atoms with E-state index in [0.717, 1.165) is 31.4 Å². The summed E-state index contributed by atoms with van der Waals surface area (Å²) in [5.74, 6) is 0. The van der Waals surface area contributed by atoms with Gasteiger partial charge in [-0.25, -0.2) is 4.39 Å². The Bertz CT molecular complexity index is 110. The molecule has 1 heterocycles. The summed E-state index contributed by atoms with van der Waals surface area (Å²) in [6, 6.07) is 0. The van der Waals surface area contributed by atoms with E-state index in [1.54, 1.807) is 0 Å². The highest BCUT2D eigenvalue weighted by Crippen LogP contribution is 2.11. The van der Waals surface area contributed by atoms with Crippen LogP contribution in [0.2, 0.25) is 0 Å². The second-order valence-electron chi connectivity index (χ2n) is 2.26. The zero-order valence-corrected chi connectivity index (χ0v) is 9.02. The predicted molar refractivity (Wildman–Crippen MR) is 54.0 cm³/mol. The molecule has 0 aromatic heterocycles. The van der Waals surface area contributed by atoms with E-state index in [4.69, 9.17) is 0 Å². The van der Waals surface area contributed by atoms with Gasteiger partial charge in [0.25, 0.3) is 0 Å². The molecule has 0 aromatic carbocycles. The Kier molecular flexibility index (Phi) is 12.6. The van der Waals surface area contributed by atoms with Crippen LogP contribution < -0.4 is 0 Å². The van der Waals surface area contributed by atoms with Gasteiger partial charge in [-0.2, -0.15) is 0 Å². The highest BCUT2D eigenvalue weighted by atomic mass is 19.1. The van der Waals surface area contributed by atoms with E-state index >= 15 is 0 Å². The molecule has 1 fully saturated rings. The molecule has 74 valence electrons. The molecule has 0 aliphatic carbocycles. The molecule has 0 saturated carbocycles. The molecule has 1 aliphatic heterocycles. The largest absolute Gasteiger partial charge is 0.302 e. The third-order valence-electron chi connectivity index (χ3n) is 1.44. The van der Waals surface area contributed by atoms with Gasteiger partial charge in [-0.3, -0.25) is 0 Å². The van der Waals surface area contributed by atoms with Gasteiger partial charge in [0.05, 0.1) is 6.33 Å². The number of likely N-dealkylation sites (N-methyl/N-ethyl adjacent to an activating group) is 1. The van der Waals surface area contributed by atoms with Crippen molar-refractivity contribution in [2.45, 2.75) is 34.1 Å². The first-order chi connectivity index (χ1) is 5.83. The van der Waals surface area contributed by atoms with Crippen LogP contribution in [0.1, 0.15) is 34.1 Å². The number of likely N-dealkylation sites (tertiary alicyclic amines) is 1. The quantitative estimate of drug-likeness (QED) is 0.546. The molecular formula is C10H22FN. The summed E-state index contributed by atoms with van der Waals surface area (Å²) in [6.07, 6.45) is 1.64. The Balaban J connectivity index is 0. The number of hydrogen-bond donors (Lipinski definition) is 0. The van der Waals surface area contributed by atoms with Crippen LogP contribution in [-0.2, 0) is 0 Å². The fraction of sp³-hybridized carbons (Fsp3) is 0.800. The topological polar surface area (TPSA) is 3.24 Å². The molecule has 1 nitrogen and oxygen atoms in total. The van der Waals surface area contributed by atoms with Crippen molar-refractivity contribution in [1.82, 2.24) is 4.90 Å². The van der Waals surface area contributed by atoms with Crippen LogP contribution in [0.3, 0.4) is 0 Å². The molecule has 0 aromatic rings. The molecule has 0 unspecified atom stereocenters. The van der Waals surface area contributed by atoms with Crippen LogP contribution in [-0.4, -0.2) is 25.0 Å². The standard InChI is InChI=1S/C6H10FN.2C2H6/c1-8-3-2-6(4-7)5-8;2*1-2/h4H,2-3,5H2,1H3;2*1-2H3/b6-4+;;. The molecule has 1 aliphatic rings. The molecule has 0 spiro atoms.